The summed E-state index contributed by atoms with van der Waals surface area (Å²) in [5, 5.41) is 3.48. The Balaban J connectivity index is 1.96. The molecule has 1 aromatic carbocycles. The van der Waals surface area contributed by atoms with Crippen molar-refractivity contribution < 1.29 is 0 Å². The van der Waals surface area contributed by atoms with E-state index in [1.54, 1.807) is 0 Å². The molecule has 1 N–H and O–H groups in total. The average molecular weight is 319 g/mol. The van der Waals surface area contributed by atoms with Crippen LogP contribution in [0.25, 0.3) is 0 Å². The monoisotopic (exact) mass is 317 g/mol. The van der Waals surface area contributed by atoms with E-state index in [9.17, 15) is 0 Å². The molecule has 0 atom stereocenters. The Morgan fingerprint density at radius 2 is 2.07 bits per heavy atom. The van der Waals surface area contributed by atoms with Crippen LogP contribution in [0, 0.1) is 5.92 Å². The normalized spacial score (nSPS) is 16.4. The van der Waals surface area contributed by atoms with Gasteiger partial charge >= 0.3 is 0 Å². The Morgan fingerprint density at radius 1 is 1.29 bits per heavy atom. The fourth-order valence-electron chi connectivity index (χ4n) is 1.58. The SMILES string of the molecule is Brc1ccc(Br)c(NCC2CCC2)c1. The highest BCUT2D eigenvalue weighted by Gasteiger charge is 2.16. The van der Waals surface area contributed by atoms with Crippen LogP contribution >= 0.6 is 31.9 Å². The summed E-state index contributed by atoms with van der Waals surface area (Å²) in [4.78, 5) is 0. The van der Waals surface area contributed by atoms with Crippen molar-refractivity contribution in [2.24, 2.45) is 5.92 Å². The molecule has 0 bridgehead atoms. The first-order chi connectivity index (χ1) is 6.75. The van der Waals surface area contributed by atoms with Crippen LogP contribution in [0.5, 0.6) is 0 Å². The van der Waals surface area contributed by atoms with E-state index < -0.39 is 0 Å². The van der Waals surface area contributed by atoms with E-state index in [0.29, 0.717) is 0 Å². The summed E-state index contributed by atoms with van der Waals surface area (Å²) in [6.07, 6.45) is 4.18. The van der Waals surface area contributed by atoms with Gasteiger partial charge < -0.3 is 5.32 Å². The smallest absolute Gasteiger partial charge is 0.0496 e. The highest BCUT2D eigenvalue weighted by molar-refractivity contribution is 9.11. The molecular weight excluding hydrogens is 306 g/mol. The minimum atomic E-state index is 0.890. The van der Waals surface area contributed by atoms with Gasteiger partial charge in [-0.3, -0.25) is 0 Å². The van der Waals surface area contributed by atoms with Crippen molar-refractivity contribution in [2.45, 2.75) is 19.3 Å². The lowest BCUT2D eigenvalue weighted by Gasteiger charge is -2.26. The first-order valence-electron chi connectivity index (χ1n) is 4.94. The molecule has 0 aliphatic heterocycles. The zero-order valence-corrected chi connectivity index (χ0v) is 11.1. The molecule has 3 heteroatoms. The fourth-order valence-corrected chi connectivity index (χ4v) is 2.33. The summed E-state index contributed by atoms with van der Waals surface area (Å²) in [5.74, 6) is 0.890. The standard InChI is InChI=1S/C11H13Br2N/c12-9-4-5-10(13)11(6-9)14-7-8-2-1-3-8/h4-6,8,14H,1-3,7H2. The molecule has 1 fully saturated rings. The summed E-state index contributed by atoms with van der Waals surface area (Å²) >= 11 is 7.01. The molecule has 2 rings (SSSR count). The molecule has 0 heterocycles. The minimum absolute atomic E-state index is 0.890. The molecule has 76 valence electrons. The number of benzene rings is 1. The highest BCUT2D eigenvalue weighted by atomic mass is 79.9. The van der Waals surface area contributed by atoms with Crippen LogP contribution in [-0.2, 0) is 0 Å². The molecule has 1 aromatic rings. The van der Waals surface area contributed by atoms with E-state index in [1.807, 2.05) is 6.07 Å². The minimum Gasteiger partial charge on any atom is -0.384 e. The Hall–Kier alpha value is -0.0200. The van der Waals surface area contributed by atoms with Crippen LogP contribution in [0.1, 0.15) is 19.3 Å². The van der Waals surface area contributed by atoms with Crippen LogP contribution in [0.15, 0.2) is 27.1 Å². The molecule has 0 unspecified atom stereocenters. The van der Waals surface area contributed by atoms with Crippen LogP contribution in [0.2, 0.25) is 0 Å². The second kappa shape index (κ2) is 4.67. The summed E-state index contributed by atoms with van der Waals surface area (Å²) < 4.78 is 2.26. The van der Waals surface area contributed by atoms with Crippen molar-refractivity contribution in [3.05, 3.63) is 27.1 Å². The molecule has 1 aliphatic rings. The van der Waals surface area contributed by atoms with Gasteiger partial charge in [0.05, 0.1) is 0 Å². The Bertz CT molecular complexity index is 321. The van der Waals surface area contributed by atoms with E-state index in [4.69, 9.17) is 0 Å². The number of nitrogens with one attached hydrogen (secondary N) is 1. The predicted octanol–water partition coefficient (Wildman–Crippen LogP) is 4.42. The third kappa shape index (κ3) is 2.51. The molecule has 1 aliphatic carbocycles. The maximum Gasteiger partial charge on any atom is 0.0496 e. The van der Waals surface area contributed by atoms with Gasteiger partial charge in [-0.05, 0) is 52.9 Å². The van der Waals surface area contributed by atoms with Crippen LogP contribution in [-0.4, -0.2) is 6.54 Å². The Labute approximate surface area is 102 Å². The fraction of sp³-hybridized carbons (Fsp3) is 0.455. The highest BCUT2D eigenvalue weighted by Crippen LogP contribution is 2.29. The molecule has 0 radical (unpaired) electrons. The van der Waals surface area contributed by atoms with Crippen molar-refractivity contribution in [1.82, 2.24) is 0 Å². The van der Waals surface area contributed by atoms with Crippen molar-refractivity contribution in [1.29, 1.82) is 0 Å². The molecule has 1 saturated carbocycles. The Morgan fingerprint density at radius 3 is 2.71 bits per heavy atom. The third-order valence-corrected chi connectivity index (χ3v) is 3.92. The van der Waals surface area contributed by atoms with Crippen LogP contribution in [0.4, 0.5) is 5.69 Å². The average Bonchev–Trinajstić information content (AvgIpc) is 2.08. The van der Waals surface area contributed by atoms with Gasteiger partial charge in [0.2, 0.25) is 0 Å². The van der Waals surface area contributed by atoms with Crippen molar-refractivity contribution in [3.8, 4) is 0 Å². The van der Waals surface area contributed by atoms with Crippen molar-refractivity contribution in [2.75, 3.05) is 11.9 Å². The van der Waals surface area contributed by atoms with Crippen molar-refractivity contribution in [3.63, 3.8) is 0 Å². The van der Waals surface area contributed by atoms with Gasteiger partial charge in [-0.15, -0.1) is 0 Å². The quantitative estimate of drug-likeness (QED) is 0.869. The van der Waals surface area contributed by atoms with Crippen LogP contribution in [0.3, 0.4) is 0 Å². The predicted molar refractivity (Wildman–Crippen MR) is 67.7 cm³/mol. The number of hydrogen-bond donors (Lipinski definition) is 1. The largest absolute Gasteiger partial charge is 0.384 e. The maximum absolute atomic E-state index is 3.54. The molecular formula is C11H13Br2N. The summed E-state index contributed by atoms with van der Waals surface area (Å²) in [5.41, 5.74) is 1.19. The van der Waals surface area contributed by atoms with E-state index >= 15 is 0 Å². The van der Waals surface area contributed by atoms with E-state index in [2.05, 4.69) is 49.3 Å². The third-order valence-electron chi connectivity index (χ3n) is 2.73. The molecule has 0 spiro atoms. The van der Waals surface area contributed by atoms with E-state index in [-0.39, 0.29) is 0 Å². The van der Waals surface area contributed by atoms with Crippen molar-refractivity contribution >= 4 is 37.5 Å². The maximum atomic E-state index is 3.54. The molecule has 14 heavy (non-hydrogen) atoms. The molecule has 0 saturated heterocycles. The lowest BCUT2D eigenvalue weighted by Crippen LogP contribution is -2.20. The van der Waals surface area contributed by atoms with E-state index in [0.717, 1.165) is 21.4 Å². The number of anilines is 1. The van der Waals surface area contributed by atoms with Gasteiger partial charge in [0.15, 0.2) is 0 Å². The lowest BCUT2D eigenvalue weighted by atomic mass is 9.85. The van der Waals surface area contributed by atoms with Gasteiger partial charge in [-0.25, -0.2) is 0 Å². The van der Waals surface area contributed by atoms with Gasteiger partial charge in [-0.2, -0.15) is 0 Å². The van der Waals surface area contributed by atoms with Crippen LogP contribution < -0.4 is 5.32 Å². The van der Waals surface area contributed by atoms with Gasteiger partial charge in [0, 0.05) is 21.2 Å². The summed E-state index contributed by atoms with van der Waals surface area (Å²) in [6, 6.07) is 6.22. The zero-order chi connectivity index (χ0) is 9.97. The number of rotatable bonds is 3. The topological polar surface area (TPSA) is 12.0 Å². The molecule has 0 aromatic heterocycles. The zero-order valence-electron chi connectivity index (χ0n) is 7.89. The summed E-state index contributed by atoms with van der Waals surface area (Å²) in [6.45, 7) is 1.11. The second-order valence-electron chi connectivity index (χ2n) is 3.80. The van der Waals surface area contributed by atoms with Gasteiger partial charge in [0.25, 0.3) is 0 Å². The lowest BCUT2D eigenvalue weighted by molar-refractivity contribution is 0.333. The van der Waals surface area contributed by atoms with Gasteiger partial charge in [-0.1, -0.05) is 22.4 Å². The second-order valence-corrected chi connectivity index (χ2v) is 5.57. The summed E-state index contributed by atoms with van der Waals surface area (Å²) in [7, 11) is 0. The number of hydrogen-bond acceptors (Lipinski definition) is 1. The number of halogens is 2. The first kappa shape index (κ1) is 10.5. The van der Waals surface area contributed by atoms with Gasteiger partial charge in [0.1, 0.15) is 0 Å². The molecule has 1 nitrogen and oxygen atoms in total. The Kier molecular flexibility index (Phi) is 3.50. The first-order valence-corrected chi connectivity index (χ1v) is 6.53. The van der Waals surface area contributed by atoms with E-state index in [1.165, 1.54) is 24.9 Å². The molecule has 0 amide bonds.